The summed E-state index contributed by atoms with van der Waals surface area (Å²) in [6.45, 7) is 0.672. The van der Waals surface area contributed by atoms with Gasteiger partial charge in [-0.15, -0.1) is 0 Å². The average molecular weight is 351 g/mol. The highest BCUT2D eigenvalue weighted by atomic mass is 16.5. The SMILES string of the molecule is COc1cccc(Nc2cc(C(=O)NCCC3=CCCCC3)ccn2)c1. The van der Waals surface area contributed by atoms with Crippen LogP contribution in [0.5, 0.6) is 5.75 Å². The Kier molecular flexibility index (Phi) is 6.25. The van der Waals surface area contributed by atoms with Gasteiger partial charge in [0.05, 0.1) is 7.11 Å². The molecule has 0 aliphatic heterocycles. The summed E-state index contributed by atoms with van der Waals surface area (Å²) in [4.78, 5) is 16.7. The fourth-order valence-corrected chi connectivity index (χ4v) is 3.06. The van der Waals surface area contributed by atoms with E-state index in [4.69, 9.17) is 4.74 Å². The third-order valence-corrected chi connectivity index (χ3v) is 4.48. The largest absolute Gasteiger partial charge is 0.497 e. The van der Waals surface area contributed by atoms with Crippen molar-refractivity contribution in [3.05, 3.63) is 59.8 Å². The number of pyridine rings is 1. The Morgan fingerprint density at radius 1 is 1.23 bits per heavy atom. The number of allylic oxidation sites excluding steroid dienone is 1. The molecule has 0 unspecified atom stereocenters. The van der Waals surface area contributed by atoms with E-state index in [1.807, 2.05) is 24.3 Å². The minimum Gasteiger partial charge on any atom is -0.497 e. The average Bonchev–Trinajstić information content (AvgIpc) is 2.69. The molecule has 2 N–H and O–H groups in total. The van der Waals surface area contributed by atoms with Crippen molar-refractivity contribution >= 4 is 17.4 Å². The molecule has 1 amide bonds. The number of rotatable bonds is 7. The number of carbonyl (C=O) groups is 1. The highest BCUT2D eigenvalue weighted by molar-refractivity contribution is 5.94. The van der Waals surface area contributed by atoms with Crippen LogP contribution in [0.3, 0.4) is 0 Å². The van der Waals surface area contributed by atoms with E-state index in [1.165, 1.54) is 31.3 Å². The lowest BCUT2D eigenvalue weighted by Gasteiger charge is -2.13. The van der Waals surface area contributed by atoms with Gasteiger partial charge in [-0.3, -0.25) is 4.79 Å². The molecule has 1 aromatic heterocycles. The van der Waals surface area contributed by atoms with Gasteiger partial charge in [-0.05, 0) is 56.4 Å². The summed E-state index contributed by atoms with van der Waals surface area (Å²) in [5.41, 5.74) is 2.92. The normalized spacial score (nSPS) is 13.7. The highest BCUT2D eigenvalue weighted by Crippen LogP contribution is 2.21. The lowest BCUT2D eigenvalue weighted by Crippen LogP contribution is -2.25. The first-order valence-corrected chi connectivity index (χ1v) is 9.08. The Morgan fingerprint density at radius 2 is 2.15 bits per heavy atom. The van der Waals surface area contributed by atoms with E-state index in [-0.39, 0.29) is 5.91 Å². The predicted molar refractivity (Wildman–Crippen MR) is 104 cm³/mol. The summed E-state index contributed by atoms with van der Waals surface area (Å²) in [7, 11) is 1.63. The van der Waals surface area contributed by atoms with Gasteiger partial charge in [-0.2, -0.15) is 0 Å². The maximum Gasteiger partial charge on any atom is 0.251 e. The highest BCUT2D eigenvalue weighted by Gasteiger charge is 2.08. The van der Waals surface area contributed by atoms with Crippen molar-refractivity contribution in [2.45, 2.75) is 32.1 Å². The molecule has 1 aliphatic rings. The summed E-state index contributed by atoms with van der Waals surface area (Å²) in [6.07, 6.45) is 9.79. The molecule has 5 nitrogen and oxygen atoms in total. The van der Waals surface area contributed by atoms with Crippen molar-refractivity contribution in [3.63, 3.8) is 0 Å². The predicted octanol–water partition coefficient (Wildman–Crippen LogP) is 4.45. The van der Waals surface area contributed by atoms with E-state index in [9.17, 15) is 4.79 Å². The van der Waals surface area contributed by atoms with Crippen LogP contribution < -0.4 is 15.4 Å². The molecule has 1 heterocycles. The summed E-state index contributed by atoms with van der Waals surface area (Å²) >= 11 is 0. The number of methoxy groups -OCH3 is 1. The van der Waals surface area contributed by atoms with E-state index < -0.39 is 0 Å². The molecule has 2 aromatic rings. The van der Waals surface area contributed by atoms with Gasteiger partial charge in [0, 0.05) is 30.1 Å². The summed E-state index contributed by atoms with van der Waals surface area (Å²) in [5.74, 6) is 1.32. The molecule has 0 spiro atoms. The van der Waals surface area contributed by atoms with Crippen molar-refractivity contribution in [1.29, 1.82) is 0 Å². The molecule has 5 heteroatoms. The Morgan fingerprint density at radius 3 is 2.96 bits per heavy atom. The van der Waals surface area contributed by atoms with Gasteiger partial charge >= 0.3 is 0 Å². The number of aromatic nitrogens is 1. The van der Waals surface area contributed by atoms with Gasteiger partial charge < -0.3 is 15.4 Å². The van der Waals surface area contributed by atoms with Crippen LogP contribution in [0.4, 0.5) is 11.5 Å². The van der Waals surface area contributed by atoms with E-state index in [0.717, 1.165) is 17.9 Å². The van der Waals surface area contributed by atoms with Gasteiger partial charge in [-0.1, -0.05) is 17.7 Å². The van der Waals surface area contributed by atoms with E-state index >= 15 is 0 Å². The van der Waals surface area contributed by atoms with Crippen LogP contribution in [0.1, 0.15) is 42.5 Å². The molecule has 0 saturated carbocycles. The third-order valence-electron chi connectivity index (χ3n) is 4.48. The van der Waals surface area contributed by atoms with Crippen molar-refractivity contribution in [2.24, 2.45) is 0 Å². The zero-order valence-electron chi connectivity index (χ0n) is 15.1. The van der Waals surface area contributed by atoms with Crippen LogP contribution in [0, 0.1) is 0 Å². The van der Waals surface area contributed by atoms with E-state index in [2.05, 4.69) is 21.7 Å². The smallest absolute Gasteiger partial charge is 0.251 e. The van der Waals surface area contributed by atoms with Crippen molar-refractivity contribution < 1.29 is 9.53 Å². The first-order chi connectivity index (χ1) is 12.7. The van der Waals surface area contributed by atoms with Crippen LogP contribution in [0.2, 0.25) is 0 Å². The zero-order valence-corrected chi connectivity index (χ0v) is 15.1. The second-order valence-electron chi connectivity index (χ2n) is 6.40. The summed E-state index contributed by atoms with van der Waals surface area (Å²) < 4.78 is 5.22. The topological polar surface area (TPSA) is 63.2 Å². The third kappa shape index (κ3) is 5.09. The molecule has 3 rings (SSSR count). The fourth-order valence-electron chi connectivity index (χ4n) is 3.06. The molecule has 0 saturated heterocycles. The number of nitrogens with one attached hydrogen (secondary N) is 2. The van der Waals surface area contributed by atoms with Crippen molar-refractivity contribution in [1.82, 2.24) is 10.3 Å². The molecule has 1 aromatic carbocycles. The van der Waals surface area contributed by atoms with Crippen LogP contribution in [-0.2, 0) is 0 Å². The van der Waals surface area contributed by atoms with Gasteiger partial charge in [0.1, 0.15) is 11.6 Å². The number of carbonyl (C=O) groups excluding carboxylic acids is 1. The van der Waals surface area contributed by atoms with Crippen LogP contribution in [-0.4, -0.2) is 24.5 Å². The van der Waals surface area contributed by atoms with E-state index in [1.54, 1.807) is 25.4 Å². The zero-order chi connectivity index (χ0) is 18.2. The summed E-state index contributed by atoms with van der Waals surface area (Å²) in [5, 5.41) is 6.20. The Bertz CT molecular complexity index is 786. The van der Waals surface area contributed by atoms with E-state index in [0.29, 0.717) is 17.9 Å². The lowest BCUT2D eigenvalue weighted by molar-refractivity contribution is 0.0954. The number of ether oxygens (including phenoxy) is 1. The first kappa shape index (κ1) is 18.0. The Labute approximate surface area is 154 Å². The maximum atomic E-state index is 12.4. The van der Waals surface area contributed by atoms with Crippen LogP contribution >= 0.6 is 0 Å². The van der Waals surface area contributed by atoms with Gasteiger partial charge in [0.15, 0.2) is 0 Å². The van der Waals surface area contributed by atoms with Gasteiger partial charge in [0.25, 0.3) is 5.91 Å². The molecule has 26 heavy (non-hydrogen) atoms. The van der Waals surface area contributed by atoms with Crippen molar-refractivity contribution in [3.8, 4) is 5.75 Å². The molecule has 0 atom stereocenters. The number of amides is 1. The lowest BCUT2D eigenvalue weighted by atomic mass is 9.97. The minimum atomic E-state index is -0.0718. The van der Waals surface area contributed by atoms with Gasteiger partial charge in [0.2, 0.25) is 0 Å². The number of hydrogen-bond donors (Lipinski definition) is 2. The Balaban J connectivity index is 1.57. The molecular formula is C21H25N3O2. The molecule has 0 bridgehead atoms. The molecular weight excluding hydrogens is 326 g/mol. The van der Waals surface area contributed by atoms with Crippen LogP contribution in [0.15, 0.2) is 54.2 Å². The number of nitrogens with zero attached hydrogens (tertiary/aromatic N) is 1. The minimum absolute atomic E-state index is 0.0718. The second kappa shape index (κ2) is 9.04. The quantitative estimate of drug-likeness (QED) is 0.723. The van der Waals surface area contributed by atoms with Crippen LogP contribution in [0.25, 0.3) is 0 Å². The van der Waals surface area contributed by atoms with Gasteiger partial charge in [-0.25, -0.2) is 4.98 Å². The monoisotopic (exact) mass is 351 g/mol. The summed E-state index contributed by atoms with van der Waals surface area (Å²) in [6, 6.07) is 11.1. The number of benzene rings is 1. The fraction of sp³-hybridized carbons (Fsp3) is 0.333. The number of hydrogen-bond acceptors (Lipinski definition) is 4. The first-order valence-electron chi connectivity index (χ1n) is 9.08. The Hall–Kier alpha value is -2.82. The molecule has 1 aliphatic carbocycles. The number of anilines is 2. The second-order valence-corrected chi connectivity index (χ2v) is 6.40. The standard InChI is InChI=1S/C21H25N3O2/c1-26-19-9-5-8-18(15-19)24-20-14-17(11-13-22-20)21(25)23-12-10-16-6-3-2-4-7-16/h5-6,8-9,11,13-15H,2-4,7,10,12H2,1H3,(H,22,24)(H,23,25). The molecule has 136 valence electrons. The molecule has 0 fully saturated rings. The van der Waals surface area contributed by atoms with Crippen molar-refractivity contribution in [2.75, 3.05) is 19.0 Å². The maximum absolute atomic E-state index is 12.4. The molecule has 0 radical (unpaired) electrons.